The van der Waals surface area contributed by atoms with Crippen LogP contribution in [0, 0.1) is 11.3 Å². The van der Waals surface area contributed by atoms with Crippen molar-refractivity contribution in [3.63, 3.8) is 0 Å². The lowest BCUT2D eigenvalue weighted by molar-refractivity contribution is 0.0544. The van der Waals surface area contributed by atoms with Crippen molar-refractivity contribution in [2.24, 2.45) is 0 Å². The number of rotatable bonds is 5. The lowest BCUT2D eigenvalue weighted by atomic mass is 9.90. The Bertz CT molecular complexity index is 646. The fraction of sp³-hybridized carbons (Fsp3) is 0.357. The Morgan fingerprint density at radius 2 is 2.05 bits per heavy atom. The lowest BCUT2D eigenvalue weighted by Gasteiger charge is -2.28. The van der Waals surface area contributed by atoms with Crippen molar-refractivity contribution in [3.05, 3.63) is 47.1 Å². The molecule has 6 heteroatoms. The van der Waals surface area contributed by atoms with Crippen LogP contribution in [0.5, 0.6) is 0 Å². The van der Waals surface area contributed by atoms with Crippen LogP contribution in [0.2, 0.25) is 0 Å². The molecule has 1 aromatic rings. The van der Waals surface area contributed by atoms with Gasteiger partial charge in [-0.2, -0.15) is 13.7 Å². The van der Waals surface area contributed by atoms with Gasteiger partial charge in [-0.1, -0.05) is 37.3 Å². The smallest absolute Gasteiger partial charge is 0.294 e. The second-order valence-electron chi connectivity index (χ2n) is 4.52. The first-order valence-corrected chi connectivity index (χ1v) is 7.70. The highest BCUT2D eigenvalue weighted by Gasteiger charge is 2.46. The van der Waals surface area contributed by atoms with E-state index in [0.29, 0.717) is 12.8 Å². The minimum atomic E-state index is -3.76. The molecule has 1 unspecified atom stereocenters. The summed E-state index contributed by atoms with van der Waals surface area (Å²) in [5, 5.41) is 9.57. The molecule has 2 rings (SSSR count). The molecule has 0 saturated heterocycles. The summed E-state index contributed by atoms with van der Waals surface area (Å²) in [4.78, 5) is 0. The van der Waals surface area contributed by atoms with Crippen LogP contribution in [0.4, 0.5) is 0 Å². The normalized spacial score (nSPS) is 23.9. The number of nitrogens with zero attached hydrogens (tertiary/aromatic N) is 1. The van der Waals surface area contributed by atoms with Gasteiger partial charge in [-0.25, -0.2) is 0 Å². The van der Waals surface area contributed by atoms with Crippen LogP contribution in [-0.4, -0.2) is 20.6 Å². The van der Waals surface area contributed by atoms with E-state index < -0.39 is 15.7 Å². The Balaban J connectivity index is 2.33. The summed E-state index contributed by atoms with van der Waals surface area (Å²) in [6.07, 6.45) is 0.805. The van der Waals surface area contributed by atoms with E-state index in [1.165, 1.54) is 0 Å². The van der Waals surface area contributed by atoms with Gasteiger partial charge in [0.1, 0.15) is 17.4 Å². The van der Waals surface area contributed by atoms with Gasteiger partial charge in [-0.3, -0.25) is 4.18 Å². The number of hydrogen-bond donors (Lipinski definition) is 0. The Kier molecular flexibility index (Phi) is 4.12. The van der Waals surface area contributed by atoms with Crippen LogP contribution in [0.15, 0.2) is 41.5 Å². The molecular formula is C14H15NO4S. The van der Waals surface area contributed by atoms with Crippen molar-refractivity contribution >= 4 is 10.1 Å². The van der Waals surface area contributed by atoms with E-state index in [2.05, 4.69) is 0 Å². The van der Waals surface area contributed by atoms with E-state index in [-0.39, 0.29) is 12.4 Å². The van der Waals surface area contributed by atoms with E-state index in [0.717, 1.165) is 11.0 Å². The van der Waals surface area contributed by atoms with Crippen LogP contribution in [0.25, 0.3) is 0 Å². The Hall–Kier alpha value is -1.84. The van der Waals surface area contributed by atoms with Crippen molar-refractivity contribution in [1.29, 1.82) is 5.26 Å². The zero-order valence-electron chi connectivity index (χ0n) is 11.1. The van der Waals surface area contributed by atoms with Gasteiger partial charge in [0, 0.05) is 6.42 Å². The van der Waals surface area contributed by atoms with E-state index in [1.807, 2.05) is 43.3 Å². The summed E-state index contributed by atoms with van der Waals surface area (Å²) in [5.74, 6) is 0.199. The predicted octanol–water partition coefficient (Wildman–Crippen LogP) is 2.12. The summed E-state index contributed by atoms with van der Waals surface area (Å²) >= 11 is 0. The molecule has 1 aliphatic heterocycles. The zero-order valence-corrected chi connectivity index (χ0v) is 11.9. The van der Waals surface area contributed by atoms with Gasteiger partial charge in [0.15, 0.2) is 6.61 Å². The van der Waals surface area contributed by atoms with Gasteiger partial charge in [0.05, 0.1) is 5.41 Å². The van der Waals surface area contributed by atoms with Gasteiger partial charge in [0.25, 0.3) is 10.1 Å². The molecule has 0 bridgehead atoms. The zero-order chi connectivity index (χ0) is 14.6. The first kappa shape index (κ1) is 14.6. The highest BCUT2D eigenvalue weighted by atomic mass is 32.2. The van der Waals surface area contributed by atoms with Crippen molar-refractivity contribution in [1.82, 2.24) is 0 Å². The maximum atomic E-state index is 11.7. The molecule has 0 saturated carbocycles. The van der Waals surface area contributed by atoms with Gasteiger partial charge in [-0.05, 0) is 12.0 Å². The second kappa shape index (κ2) is 5.65. The highest BCUT2D eigenvalue weighted by molar-refractivity contribution is 7.90. The number of ether oxygens (including phenoxy) is 1. The summed E-state index contributed by atoms with van der Waals surface area (Å²) in [5.41, 5.74) is -0.116. The molecular weight excluding hydrogens is 278 g/mol. The van der Waals surface area contributed by atoms with E-state index >= 15 is 0 Å². The molecule has 106 valence electrons. The maximum absolute atomic E-state index is 11.7. The molecule has 1 atom stereocenters. The minimum Gasteiger partial charge on any atom is -0.479 e. The van der Waals surface area contributed by atoms with Crippen LogP contribution >= 0.6 is 0 Å². The Morgan fingerprint density at radius 1 is 1.35 bits per heavy atom. The quantitative estimate of drug-likeness (QED) is 0.777. The summed E-state index contributed by atoms with van der Waals surface area (Å²) < 4.78 is 33.9. The largest absolute Gasteiger partial charge is 0.479 e. The molecule has 1 heterocycles. The molecule has 0 amide bonds. The van der Waals surface area contributed by atoms with Gasteiger partial charge in [-0.15, -0.1) is 0 Å². The van der Waals surface area contributed by atoms with E-state index in [4.69, 9.17) is 14.2 Å². The first-order chi connectivity index (χ1) is 9.51. The molecule has 5 nitrogen and oxygen atoms in total. The van der Waals surface area contributed by atoms with Crippen LogP contribution in [0.3, 0.4) is 0 Å². The fourth-order valence-electron chi connectivity index (χ4n) is 2.20. The van der Waals surface area contributed by atoms with Crippen LogP contribution < -0.4 is 0 Å². The first-order valence-electron chi connectivity index (χ1n) is 6.23. The highest BCUT2D eigenvalue weighted by Crippen LogP contribution is 2.38. The molecule has 0 aliphatic carbocycles. The Morgan fingerprint density at radius 3 is 2.65 bits per heavy atom. The molecule has 0 fully saturated rings. The standard InChI is InChI=1S/C14H15NO4S/c1-2-14(10-12-6-4-3-5-7-12)13(18-9-8-15)11-20(16,17)19-14/h3-7,11H,2,9-10H2,1H3. The lowest BCUT2D eigenvalue weighted by Crippen LogP contribution is -2.35. The van der Waals surface area contributed by atoms with Gasteiger partial charge in [0.2, 0.25) is 0 Å². The topological polar surface area (TPSA) is 76.4 Å². The fourth-order valence-corrected chi connectivity index (χ4v) is 3.50. The van der Waals surface area contributed by atoms with Gasteiger partial charge < -0.3 is 4.74 Å². The van der Waals surface area contributed by atoms with Crippen molar-refractivity contribution in [2.75, 3.05) is 6.61 Å². The average molecular weight is 293 g/mol. The minimum absolute atomic E-state index is 0.199. The molecule has 0 aromatic heterocycles. The molecule has 1 aliphatic rings. The third-order valence-electron chi connectivity index (χ3n) is 3.17. The summed E-state index contributed by atoms with van der Waals surface area (Å²) in [7, 11) is -3.76. The van der Waals surface area contributed by atoms with Gasteiger partial charge >= 0.3 is 0 Å². The van der Waals surface area contributed by atoms with Crippen LogP contribution in [0.1, 0.15) is 18.9 Å². The summed E-state index contributed by atoms with van der Waals surface area (Å²) in [6, 6.07) is 11.3. The van der Waals surface area contributed by atoms with Crippen molar-refractivity contribution < 1.29 is 17.3 Å². The molecule has 1 aromatic carbocycles. The van der Waals surface area contributed by atoms with Crippen molar-refractivity contribution in [2.45, 2.75) is 25.4 Å². The van der Waals surface area contributed by atoms with E-state index in [9.17, 15) is 8.42 Å². The number of nitriles is 1. The number of hydrogen-bond acceptors (Lipinski definition) is 5. The van der Waals surface area contributed by atoms with Crippen LogP contribution in [-0.2, 0) is 25.5 Å². The summed E-state index contributed by atoms with van der Waals surface area (Å²) in [6.45, 7) is 1.62. The third kappa shape index (κ3) is 3.00. The molecule has 0 spiro atoms. The SMILES string of the molecule is CCC1(Cc2ccccc2)OS(=O)(=O)C=C1OCC#N. The number of benzene rings is 1. The average Bonchev–Trinajstić information content (AvgIpc) is 2.68. The molecule has 0 radical (unpaired) electrons. The van der Waals surface area contributed by atoms with E-state index in [1.54, 1.807) is 0 Å². The molecule has 0 N–H and O–H groups in total. The van der Waals surface area contributed by atoms with Crippen molar-refractivity contribution in [3.8, 4) is 6.07 Å². The molecule has 20 heavy (non-hydrogen) atoms. The monoisotopic (exact) mass is 293 g/mol. The third-order valence-corrected chi connectivity index (χ3v) is 4.23. The second-order valence-corrected chi connectivity index (χ2v) is 5.90. The predicted molar refractivity (Wildman–Crippen MR) is 72.8 cm³/mol. The maximum Gasteiger partial charge on any atom is 0.294 e. The Labute approximate surface area is 118 Å².